The summed E-state index contributed by atoms with van der Waals surface area (Å²) >= 11 is 3.38. The third-order valence-corrected chi connectivity index (χ3v) is 5.08. The molecule has 3 heterocycles. The molecule has 0 amide bonds. The van der Waals surface area contributed by atoms with E-state index in [-0.39, 0.29) is 23.0 Å². The fourth-order valence-electron chi connectivity index (χ4n) is 3.20. The Morgan fingerprint density at radius 2 is 1.87 bits per heavy atom. The van der Waals surface area contributed by atoms with Crippen molar-refractivity contribution < 1.29 is 0 Å². The predicted molar refractivity (Wildman–Crippen MR) is 117 cm³/mol. The molecule has 10 heteroatoms. The van der Waals surface area contributed by atoms with Crippen LogP contribution in [0.3, 0.4) is 0 Å². The number of guanidine groups is 1. The van der Waals surface area contributed by atoms with Gasteiger partial charge in [-0.15, -0.1) is 0 Å². The van der Waals surface area contributed by atoms with E-state index in [4.69, 9.17) is 16.7 Å². The van der Waals surface area contributed by atoms with E-state index in [1.54, 1.807) is 6.20 Å². The number of benzene rings is 1. The molecule has 6 N–H and O–H groups in total. The first kappa shape index (κ1) is 19.2. The van der Waals surface area contributed by atoms with Gasteiger partial charge in [0.25, 0.3) is 0 Å². The molecule has 3 aromatic rings. The highest BCUT2D eigenvalue weighted by Gasteiger charge is 2.29. The number of anilines is 3. The second kappa shape index (κ2) is 7.70. The summed E-state index contributed by atoms with van der Waals surface area (Å²) in [7, 11) is 0. The zero-order valence-corrected chi connectivity index (χ0v) is 17.0. The molecular formula is C20H14BrN9. The summed E-state index contributed by atoms with van der Waals surface area (Å²) in [6, 6.07) is 12.9. The Kier molecular flexibility index (Phi) is 4.92. The maximum atomic E-state index is 9.40. The lowest BCUT2D eigenvalue weighted by Gasteiger charge is -2.26. The number of aromatic nitrogens is 2. The van der Waals surface area contributed by atoms with Gasteiger partial charge in [-0.2, -0.15) is 10.5 Å². The van der Waals surface area contributed by atoms with Gasteiger partial charge >= 0.3 is 0 Å². The number of rotatable bonds is 2. The average Bonchev–Trinajstić information content (AvgIpc) is 2.74. The molecule has 0 aliphatic carbocycles. The van der Waals surface area contributed by atoms with Gasteiger partial charge in [-0.1, -0.05) is 24.3 Å². The van der Waals surface area contributed by atoms with Crippen molar-refractivity contribution in [2.45, 2.75) is 6.04 Å². The van der Waals surface area contributed by atoms with Crippen LogP contribution in [-0.4, -0.2) is 15.9 Å². The smallest absolute Gasteiger partial charge is 0.211 e. The monoisotopic (exact) mass is 459 g/mol. The molecule has 146 valence electrons. The van der Waals surface area contributed by atoms with Gasteiger partial charge in [-0.3, -0.25) is 10.3 Å². The van der Waals surface area contributed by atoms with Gasteiger partial charge in [0, 0.05) is 21.8 Å². The SMILES string of the molecule is N#CNC1=NC(c2ccc(-c3ccc(Br)cn3)cc2)c2c(nc(N)c(C#N)c2N)N1. The molecule has 4 rings (SSSR count). The van der Waals surface area contributed by atoms with E-state index in [0.29, 0.717) is 11.4 Å². The summed E-state index contributed by atoms with van der Waals surface area (Å²) in [6.07, 6.45) is 3.56. The third-order valence-electron chi connectivity index (χ3n) is 4.61. The van der Waals surface area contributed by atoms with Crippen LogP contribution in [0.4, 0.5) is 17.3 Å². The second-order valence-electron chi connectivity index (χ2n) is 6.39. The molecule has 1 aromatic carbocycles. The van der Waals surface area contributed by atoms with Crippen molar-refractivity contribution in [3.8, 4) is 23.5 Å². The first-order valence-electron chi connectivity index (χ1n) is 8.72. The van der Waals surface area contributed by atoms with Crippen LogP contribution < -0.4 is 22.1 Å². The number of hydrogen-bond donors (Lipinski definition) is 4. The summed E-state index contributed by atoms with van der Waals surface area (Å²) in [5.41, 5.74) is 15.5. The van der Waals surface area contributed by atoms with Crippen LogP contribution in [0.2, 0.25) is 0 Å². The Morgan fingerprint density at radius 1 is 1.10 bits per heavy atom. The predicted octanol–water partition coefficient (Wildman–Crippen LogP) is 2.88. The number of nitriles is 2. The highest BCUT2D eigenvalue weighted by molar-refractivity contribution is 9.10. The second-order valence-corrected chi connectivity index (χ2v) is 7.30. The van der Waals surface area contributed by atoms with E-state index in [2.05, 4.69) is 41.5 Å². The average molecular weight is 460 g/mol. The molecule has 1 aliphatic heterocycles. The zero-order chi connectivity index (χ0) is 21.3. The molecule has 9 nitrogen and oxygen atoms in total. The fourth-order valence-corrected chi connectivity index (χ4v) is 3.44. The molecule has 0 saturated heterocycles. The molecule has 0 bridgehead atoms. The van der Waals surface area contributed by atoms with Crippen LogP contribution in [0.25, 0.3) is 11.3 Å². The Hall–Kier alpha value is -4.15. The molecule has 1 unspecified atom stereocenters. The minimum absolute atomic E-state index is 0.00914. The van der Waals surface area contributed by atoms with Gasteiger partial charge in [0.2, 0.25) is 5.96 Å². The number of nitrogen functional groups attached to an aromatic ring is 2. The van der Waals surface area contributed by atoms with E-state index >= 15 is 0 Å². The molecule has 0 radical (unpaired) electrons. The van der Waals surface area contributed by atoms with Crippen LogP contribution in [0.15, 0.2) is 52.1 Å². The van der Waals surface area contributed by atoms with E-state index in [1.807, 2.05) is 48.7 Å². The van der Waals surface area contributed by atoms with Gasteiger partial charge < -0.3 is 16.8 Å². The standard InChI is InChI=1S/C20H14BrN9/c21-12-5-6-14(26-8-12)10-1-3-11(4-2-10)17-15-16(24)13(7-22)18(25)29-19(15)30-20(28-17)27-9-23/h1-6,8,17H,(H6,24,25,27,28,29,30). The van der Waals surface area contributed by atoms with Crippen molar-refractivity contribution in [1.29, 1.82) is 10.5 Å². The zero-order valence-electron chi connectivity index (χ0n) is 15.4. The van der Waals surface area contributed by atoms with Gasteiger partial charge in [-0.25, -0.2) is 9.98 Å². The number of fused-ring (bicyclic) bond motifs is 1. The lowest BCUT2D eigenvalue weighted by molar-refractivity contribution is 0.847. The van der Waals surface area contributed by atoms with Crippen molar-refractivity contribution in [2.75, 3.05) is 16.8 Å². The molecule has 0 saturated carbocycles. The van der Waals surface area contributed by atoms with Crippen molar-refractivity contribution in [3.63, 3.8) is 0 Å². The minimum Gasteiger partial charge on any atom is -0.397 e. The lowest BCUT2D eigenvalue weighted by Crippen LogP contribution is -2.32. The number of pyridine rings is 2. The number of nitrogens with zero attached hydrogens (tertiary/aromatic N) is 5. The van der Waals surface area contributed by atoms with Gasteiger partial charge in [-0.05, 0) is 33.6 Å². The first-order valence-corrected chi connectivity index (χ1v) is 9.52. The number of hydrogen-bond acceptors (Lipinski definition) is 9. The Labute approximate surface area is 180 Å². The van der Waals surface area contributed by atoms with Gasteiger partial charge in [0.05, 0.1) is 11.4 Å². The van der Waals surface area contributed by atoms with E-state index in [9.17, 15) is 5.26 Å². The van der Waals surface area contributed by atoms with E-state index in [1.165, 1.54) is 0 Å². The largest absolute Gasteiger partial charge is 0.397 e. The van der Waals surface area contributed by atoms with Crippen molar-refractivity contribution in [1.82, 2.24) is 15.3 Å². The summed E-state index contributed by atoms with van der Waals surface area (Å²) in [5, 5.41) is 23.8. The maximum absolute atomic E-state index is 9.40. The topological polar surface area (TPSA) is 162 Å². The number of aliphatic imine (C=N–C) groups is 1. The molecule has 0 fully saturated rings. The first-order chi connectivity index (χ1) is 14.5. The third kappa shape index (κ3) is 3.36. The van der Waals surface area contributed by atoms with Crippen molar-refractivity contribution in [3.05, 3.63) is 63.8 Å². The Bertz CT molecular complexity index is 1240. The van der Waals surface area contributed by atoms with Crippen molar-refractivity contribution >= 4 is 39.2 Å². The summed E-state index contributed by atoms with van der Waals surface area (Å²) in [5.74, 6) is 0.569. The summed E-state index contributed by atoms with van der Waals surface area (Å²) < 4.78 is 0.900. The van der Waals surface area contributed by atoms with Gasteiger partial charge in [0.15, 0.2) is 6.19 Å². The minimum atomic E-state index is -0.579. The fraction of sp³-hybridized carbons (Fsp3) is 0.0500. The highest BCUT2D eigenvalue weighted by Crippen LogP contribution is 2.40. The molecule has 0 spiro atoms. The van der Waals surface area contributed by atoms with E-state index in [0.717, 1.165) is 21.3 Å². The van der Waals surface area contributed by atoms with Crippen molar-refractivity contribution in [2.24, 2.45) is 4.99 Å². The molecule has 1 aliphatic rings. The molecule has 2 aromatic heterocycles. The van der Waals surface area contributed by atoms with Crippen LogP contribution in [0.5, 0.6) is 0 Å². The van der Waals surface area contributed by atoms with Crippen LogP contribution in [-0.2, 0) is 0 Å². The summed E-state index contributed by atoms with van der Waals surface area (Å²) in [6.45, 7) is 0. The quantitative estimate of drug-likeness (QED) is 0.335. The Morgan fingerprint density at radius 3 is 2.50 bits per heavy atom. The number of halogens is 1. The van der Waals surface area contributed by atoms with Crippen LogP contribution in [0, 0.1) is 22.8 Å². The highest BCUT2D eigenvalue weighted by atomic mass is 79.9. The Balaban J connectivity index is 1.80. The maximum Gasteiger partial charge on any atom is 0.211 e. The molecule has 30 heavy (non-hydrogen) atoms. The lowest BCUT2D eigenvalue weighted by atomic mass is 9.94. The normalized spacial score (nSPS) is 14.5. The molecular weight excluding hydrogens is 446 g/mol. The van der Waals surface area contributed by atoms with Gasteiger partial charge in [0.1, 0.15) is 29.3 Å². The molecule has 1 atom stereocenters. The van der Waals surface area contributed by atoms with Crippen LogP contribution in [0.1, 0.15) is 22.7 Å². The number of nitrogens with one attached hydrogen (secondary N) is 2. The number of nitrogens with two attached hydrogens (primary N) is 2. The summed E-state index contributed by atoms with van der Waals surface area (Å²) in [4.78, 5) is 13.2. The van der Waals surface area contributed by atoms with E-state index < -0.39 is 6.04 Å². The van der Waals surface area contributed by atoms with Crippen LogP contribution >= 0.6 is 15.9 Å².